The molecule has 0 radical (unpaired) electrons. The summed E-state index contributed by atoms with van der Waals surface area (Å²) in [4.78, 5) is 24.8. The Balaban J connectivity index is 1.53. The molecule has 2 fully saturated rings. The number of aliphatic hydroxyl groups is 1. The number of aliphatic hydroxyl groups excluding tert-OH is 1. The Hall–Kier alpha value is -1.95. The molecule has 3 rings (SSSR count). The highest BCUT2D eigenvalue weighted by molar-refractivity contribution is 5.89. The van der Waals surface area contributed by atoms with Gasteiger partial charge in [0.15, 0.2) is 0 Å². The van der Waals surface area contributed by atoms with Crippen molar-refractivity contribution in [3.63, 3.8) is 0 Å². The molecule has 1 aromatic carbocycles. The van der Waals surface area contributed by atoms with E-state index in [1.165, 1.54) is 12.1 Å². The lowest BCUT2D eigenvalue weighted by molar-refractivity contribution is -0.142. The van der Waals surface area contributed by atoms with Crippen LogP contribution in [0, 0.1) is 23.6 Å². The monoisotopic (exact) mass is 321 g/mol. The summed E-state index contributed by atoms with van der Waals surface area (Å²) in [6, 6.07) is 5.82. The average molecular weight is 321 g/mol. The van der Waals surface area contributed by atoms with Crippen LogP contribution in [0.2, 0.25) is 0 Å². The Morgan fingerprint density at radius 2 is 1.74 bits per heavy atom. The number of benzene rings is 1. The van der Waals surface area contributed by atoms with Crippen LogP contribution >= 0.6 is 0 Å². The lowest BCUT2D eigenvalue weighted by Gasteiger charge is -2.34. The number of carboxylic acid groups (broad SMARTS) is 1. The summed E-state index contributed by atoms with van der Waals surface area (Å²) in [6.07, 6.45) is 1.09. The van der Waals surface area contributed by atoms with E-state index in [1.807, 2.05) is 0 Å². The zero-order valence-corrected chi connectivity index (χ0v) is 12.7. The van der Waals surface area contributed by atoms with E-state index in [4.69, 9.17) is 5.11 Å². The molecule has 1 saturated heterocycles. The number of nitrogens with zero attached hydrogens (tertiary/aromatic N) is 1. The molecule has 0 bridgehead atoms. The molecule has 1 saturated carbocycles. The molecule has 23 heavy (non-hydrogen) atoms. The molecule has 1 aliphatic carbocycles. The molecule has 1 aromatic rings. The van der Waals surface area contributed by atoms with E-state index < -0.39 is 18.0 Å². The molecular formula is C17H20FNO4. The Morgan fingerprint density at radius 3 is 2.26 bits per heavy atom. The standard InChI is InChI=1S/C17H20FNO4/c18-12-3-1-10(2-4-12)15(20)11-5-7-19(8-6-11)16(21)13-9-14(13)17(22)23/h1-4,11,13-15,20H,5-9H2,(H,22,23)/t13-,14-,15+/m1/s1. The van der Waals surface area contributed by atoms with Crippen molar-refractivity contribution in [1.29, 1.82) is 0 Å². The van der Waals surface area contributed by atoms with Crippen LogP contribution in [-0.4, -0.2) is 40.1 Å². The smallest absolute Gasteiger partial charge is 0.307 e. The summed E-state index contributed by atoms with van der Waals surface area (Å²) in [5, 5.41) is 19.3. The number of carbonyl (C=O) groups is 2. The van der Waals surface area contributed by atoms with Gasteiger partial charge in [0.1, 0.15) is 5.82 Å². The Bertz CT molecular complexity index is 595. The Labute approximate surface area is 133 Å². The highest BCUT2D eigenvalue weighted by Gasteiger charge is 2.50. The van der Waals surface area contributed by atoms with Crippen LogP contribution in [0.15, 0.2) is 24.3 Å². The zero-order chi connectivity index (χ0) is 16.6. The van der Waals surface area contributed by atoms with Gasteiger partial charge in [0.05, 0.1) is 17.9 Å². The van der Waals surface area contributed by atoms with Crippen molar-refractivity contribution in [2.24, 2.45) is 17.8 Å². The summed E-state index contributed by atoms with van der Waals surface area (Å²) in [5.74, 6) is -2.18. The second kappa shape index (κ2) is 6.28. The van der Waals surface area contributed by atoms with E-state index in [1.54, 1.807) is 17.0 Å². The van der Waals surface area contributed by atoms with Crippen LogP contribution in [0.25, 0.3) is 0 Å². The second-order valence-electron chi connectivity index (χ2n) is 6.45. The third-order valence-electron chi connectivity index (χ3n) is 4.93. The molecule has 5 nitrogen and oxygen atoms in total. The Kier molecular flexibility index (Phi) is 4.35. The van der Waals surface area contributed by atoms with Crippen LogP contribution in [0.3, 0.4) is 0 Å². The molecule has 124 valence electrons. The van der Waals surface area contributed by atoms with Crippen molar-refractivity contribution in [1.82, 2.24) is 4.90 Å². The number of carbonyl (C=O) groups excluding carboxylic acids is 1. The summed E-state index contributed by atoms with van der Waals surface area (Å²) in [5.41, 5.74) is 0.685. The number of hydrogen-bond acceptors (Lipinski definition) is 3. The normalized spacial score (nSPS) is 25.9. The van der Waals surface area contributed by atoms with E-state index in [0.29, 0.717) is 37.9 Å². The summed E-state index contributed by atoms with van der Waals surface area (Å²) in [6.45, 7) is 1.06. The second-order valence-corrected chi connectivity index (χ2v) is 6.45. The summed E-state index contributed by atoms with van der Waals surface area (Å²) < 4.78 is 12.9. The fourth-order valence-corrected chi connectivity index (χ4v) is 3.34. The van der Waals surface area contributed by atoms with Gasteiger partial charge in [-0.05, 0) is 42.9 Å². The number of hydrogen-bond donors (Lipinski definition) is 2. The first-order valence-corrected chi connectivity index (χ1v) is 7.92. The highest BCUT2D eigenvalue weighted by atomic mass is 19.1. The van der Waals surface area contributed by atoms with Gasteiger partial charge < -0.3 is 15.1 Å². The quantitative estimate of drug-likeness (QED) is 0.887. The minimum absolute atomic E-state index is 0.0268. The third-order valence-corrected chi connectivity index (χ3v) is 4.93. The van der Waals surface area contributed by atoms with Crippen LogP contribution in [-0.2, 0) is 9.59 Å². The van der Waals surface area contributed by atoms with Gasteiger partial charge in [-0.2, -0.15) is 0 Å². The van der Waals surface area contributed by atoms with Crippen LogP contribution < -0.4 is 0 Å². The topological polar surface area (TPSA) is 77.8 Å². The highest BCUT2D eigenvalue weighted by Crippen LogP contribution is 2.41. The van der Waals surface area contributed by atoms with E-state index in [0.717, 1.165) is 0 Å². The molecule has 6 heteroatoms. The number of likely N-dealkylation sites (tertiary alicyclic amines) is 1. The number of halogens is 1. The molecular weight excluding hydrogens is 301 g/mol. The van der Waals surface area contributed by atoms with Gasteiger partial charge in [0.25, 0.3) is 0 Å². The number of aliphatic carboxylic acids is 1. The SMILES string of the molecule is O=C(O)[C@@H]1C[C@H]1C(=O)N1CCC([C@@H](O)c2ccc(F)cc2)CC1. The number of piperidine rings is 1. The first-order valence-electron chi connectivity index (χ1n) is 7.92. The van der Waals surface area contributed by atoms with Gasteiger partial charge in [0.2, 0.25) is 5.91 Å². The van der Waals surface area contributed by atoms with Crippen molar-refractivity contribution in [2.45, 2.75) is 25.4 Å². The molecule has 1 amide bonds. The summed E-state index contributed by atoms with van der Waals surface area (Å²) >= 11 is 0. The zero-order valence-electron chi connectivity index (χ0n) is 12.7. The number of amides is 1. The fourth-order valence-electron chi connectivity index (χ4n) is 3.34. The van der Waals surface area contributed by atoms with E-state index in [9.17, 15) is 19.1 Å². The maximum Gasteiger partial charge on any atom is 0.307 e. The number of carboxylic acids is 1. The average Bonchev–Trinajstić information content (AvgIpc) is 3.35. The van der Waals surface area contributed by atoms with Gasteiger partial charge in [0, 0.05) is 13.1 Å². The van der Waals surface area contributed by atoms with Gasteiger partial charge in [-0.3, -0.25) is 9.59 Å². The Morgan fingerprint density at radius 1 is 1.13 bits per heavy atom. The minimum atomic E-state index is -0.898. The van der Waals surface area contributed by atoms with Gasteiger partial charge in [-0.15, -0.1) is 0 Å². The third kappa shape index (κ3) is 3.37. The van der Waals surface area contributed by atoms with Crippen LogP contribution in [0.5, 0.6) is 0 Å². The van der Waals surface area contributed by atoms with Crippen molar-refractivity contribution in [3.05, 3.63) is 35.6 Å². The summed E-state index contributed by atoms with van der Waals surface area (Å²) in [7, 11) is 0. The number of rotatable bonds is 4. The maximum atomic E-state index is 12.9. The van der Waals surface area contributed by atoms with E-state index >= 15 is 0 Å². The molecule has 1 heterocycles. The van der Waals surface area contributed by atoms with Gasteiger partial charge in [-0.25, -0.2) is 4.39 Å². The van der Waals surface area contributed by atoms with Crippen molar-refractivity contribution in [3.8, 4) is 0 Å². The van der Waals surface area contributed by atoms with Crippen LogP contribution in [0.4, 0.5) is 4.39 Å². The predicted octanol–water partition coefficient (Wildman–Crippen LogP) is 1.82. The lowest BCUT2D eigenvalue weighted by atomic mass is 9.87. The predicted molar refractivity (Wildman–Crippen MR) is 79.9 cm³/mol. The molecule has 0 unspecified atom stereocenters. The largest absolute Gasteiger partial charge is 0.481 e. The van der Waals surface area contributed by atoms with Crippen molar-refractivity contribution in [2.75, 3.05) is 13.1 Å². The lowest BCUT2D eigenvalue weighted by Crippen LogP contribution is -2.41. The molecule has 3 atom stereocenters. The van der Waals surface area contributed by atoms with E-state index in [-0.39, 0.29) is 23.6 Å². The van der Waals surface area contributed by atoms with E-state index in [2.05, 4.69) is 0 Å². The molecule has 2 aliphatic rings. The van der Waals surface area contributed by atoms with Crippen molar-refractivity contribution < 1.29 is 24.2 Å². The molecule has 0 spiro atoms. The van der Waals surface area contributed by atoms with Crippen LogP contribution in [0.1, 0.15) is 30.9 Å². The first kappa shape index (κ1) is 15.9. The molecule has 0 aromatic heterocycles. The molecule has 2 N–H and O–H groups in total. The van der Waals surface area contributed by atoms with Gasteiger partial charge in [-0.1, -0.05) is 12.1 Å². The maximum absolute atomic E-state index is 12.9. The fraction of sp³-hybridized carbons (Fsp3) is 0.529. The first-order chi connectivity index (χ1) is 11.0. The van der Waals surface area contributed by atoms with Gasteiger partial charge >= 0.3 is 5.97 Å². The van der Waals surface area contributed by atoms with Crippen molar-refractivity contribution >= 4 is 11.9 Å². The molecule has 1 aliphatic heterocycles. The minimum Gasteiger partial charge on any atom is -0.481 e.